The highest BCUT2D eigenvalue weighted by atomic mass is 16.5. The molecular formula is C16H25NO4. The van der Waals surface area contributed by atoms with Gasteiger partial charge in [0.15, 0.2) is 18.1 Å². The van der Waals surface area contributed by atoms with Crippen LogP contribution in [-0.2, 0) is 11.3 Å². The molecule has 0 aliphatic carbocycles. The first-order chi connectivity index (χ1) is 10.2. The summed E-state index contributed by atoms with van der Waals surface area (Å²) in [5.74, 6) is 0.0553. The fourth-order valence-corrected chi connectivity index (χ4v) is 1.92. The zero-order chi connectivity index (χ0) is 15.5. The van der Waals surface area contributed by atoms with Gasteiger partial charge in [0.25, 0.3) is 0 Å². The summed E-state index contributed by atoms with van der Waals surface area (Å²) in [7, 11) is 0. The van der Waals surface area contributed by atoms with E-state index in [-0.39, 0.29) is 6.61 Å². The van der Waals surface area contributed by atoms with Crippen LogP contribution in [0.1, 0.15) is 38.7 Å². The van der Waals surface area contributed by atoms with Crippen molar-refractivity contribution in [2.45, 2.75) is 39.7 Å². The molecule has 0 atom stereocenters. The van der Waals surface area contributed by atoms with Crippen molar-refractivity contribution in [3.8, 4) is 11.5 Å². The molecule has 118 valence electrons. The topological polar surface area (TPSA) is 67.8 Å². The lowest BCUT2D eigenvalue weighted by atomic mass is 10.2. The van der Waals surface area contributed by atoms with E-state index in [1.54, 1.807) is 6.07 Å². The lowest BCUT2D eigenvalue weighted by molar-refractivity contribution is -0.139. The smallest absolute Gasteiger partial charge is 0.341 e. The zero-order valence-corrected chi connectivity index (χ0v) is 12.9. The second-order valence-electron chi connectivity index (χ2n) is 4.78. The second-order valence-corrected chi connectivity index (χ2v) is 4.78. The number of nitrogens with one attached hydrogen (secondary N) is 1. The monoisotopic (exact) mass is 295 g/mol. The van der Waals surface area contributed by atoms with Gasteiger partial charge in [-0.05, 0) is 37.6 Å². The Kier molecular flexibility index (Phi) is 8.28. The summed E-state index contributed by atoms with van der Waals surface area (Å²) in [6, 6.07) is 5.58. The standard InChI is InChI=1S/C16H25NO4/c1-3-5-6-9-17-11-13-7-8-14(21-12-16(18)19)15(10-13)20-4-2/h7-8,10,17H,3-6,9,11-12H2,1-2H3,(H,18,19). The quantitative estimate of drug-likeness (QED) is 0.614. The molecule has 0 aliphatic heterocycles. The summed E-state index contributed by atoms with van der Waals surface area (Å²) in [6.07, 6.45) is 3.62. The number of hydrogen-bond acceptors (Lipinski definition) is 4. The summed E-state index contributed by atoms with van der Waals surface area (Å²) < 4.78 is 10.7. The van der Waals surface area contributed by atoms with Gasteiger partial charge in [-0.1, -0.05) is 25.8 Å². The van der Waals surface area contributed by atoms with Crippen molar-refractivity contribution >= 4 is 5.97 Å². The third-order valence-electron chi connectivity index (χ3n) is 2.95. The molecule has 0 aliphatic rings. The number of ether oxygens (including phenoxy) is 2. The van der Waals surface area contributed by atoms with Crippen LogP contribution < -0.4 is 14.8 Å². The average Bonchev–Trinajstić information content (AvgIpc) is 2.46. The second kappa shape index (κ2) is 10.0. The van der Waals surface area contributed by atoms with Gasteiger partial charge in [-0.3, -0.25) is 0 Å². The van der Waals surface area contributed by atoms with E-state index in [9.17, 15) is 4.79 Å². The molecule has 0 saturated carbocycles. The van der Waals surface area contributed by atoms with Crippen molar-refractivity contribution in [1.29, 1.82) is 0 Å². The van der Waals surface area contributed by atoms with Gasteiger partial charge in [0.05, 0.1) is 6.61 Å². The van der Waals surface area contributed by atoms with Gasteiger partial charge in [-0.15, -0.1) is 0 Å². The number of carboxylic acid groups (broad SMARTS) is 1. The van der Waals surface area contributed by atoms with E-state index >= 15 is 0 Å². The van der Waals surface area contributed by atoms with E-state index in [0.29, 0.717) is 18.1 Å². The molecule has 0 bridgehead atoms. The first kappa shape index (κ1) is 17.3. The molecule has 5 heteroatoms. The van der Waals surface area contributed by atoms with E-state index < -0.39 is 5.97 Å². The minimum atomic E-state index is -1.00. The Bertz CT molecular complexity index is 434. The van der Waals surface area contributed by atoms with Crippen molar-refractivity contribution in [3.63, 3.8) is 0 Å². The molecule has 1 aromatic carbocycles. The Labute approximate surface area is 126 Å². The van der Waals surface area contributed by atoms with Crippen LogP contribution in [0.2, 0.25) is 0 Å². The van der Waals surface area contributed by atoms with Crippen LogP contribution in [0.25, 0.3) is 0 Å². The van der Waals surface area contributed by atoms with Crippen LogP contribution >= 0.6 is 0 Å². The van der Waals surface area contributed by atoms with E-state index in [1.165, 1.54) is 19.3 Å². The highest BCUT2D eigenvalue weighted by Crippen LogP contribution is 2.28. The SMILES string of the molecule is CCCCCNCc1ccc(OCC(=O)O)c(OCC)c1. The van der Waals surface area contributed by atoms with Crippen LogP contribution in [0.3, 0.4) is 0 Å². The molecular weight excluding hydrogens is 270 g/mol. The third-order valence-corrected chi connectivity index (χ3v) is 2.95. The molecule has 2 N–H and O–H groups in total. The normalized spacial score (nSPS) is 10.4. The van der Waals surface area contributed by atoms with Crippen LogP contribution in [0, 0.1) is 0 Å². The third kappa shape index (κ3) is 6.99. The van der Waals surface area contributed by atoms with E-state index in [0.717, 1.165) is 18.7 Å². The lowest BCUT2D eigenvalue weighted by Crippen LogP contribution is -2.15. The predicted octanol–water partition coefficient (Wildman–Crippen LogP) is 2.83. The fourth-order valence-electron chi connectivity index (χ4n) is 1.92. The zero-order valence-electron chi connectivity index (χ0n) is 12.9. The van der Waals surface area contributed by atoms with Crippen molar-refractivity contribution in [3.05, 3.63) is 23.8 Å². The number of hydrogen-bond donors (Lipinski definition) is 2. The van der Waals surface area contributed by atoms with Gasteiger partial charge in [0, 0.05) is 6.54 Å². The maximum Gasteiger partial charge on any atom is 0.341 e. The molecule has 0 unspecified atom stereocenters. The van der Waals surface area contributed by atoms with E-state index in [4.69, 9.17) is 14.6 Å². The maximum absolute atomic E-state index is 10.6. The molecule has 5 nitrogen and oxygen atoms in total. The molecule has 0 saturated heterocycles. The molecule has 21 heavy (non-hydrogen) atoms. The number of carboxylic acids is 1. The predicted molar refractivity (Wildman–Crippen MR) is 82.0 cm³/mol. The molecule has 1 rings (SSSR count). The summed E-state index contributed by atoms with van der Waals surface area (Å²) >= 11 is 0. The first-order valence-corrected chi connectivity index (χ1v) is 7.48. The number of carbonyl (C=O) groups is 1. The maximum atomic E-state index is 10.6. The molecule has 0 aromatic heterocycles. The molecule has 1 aromatic rings. The highest BCUT2D eigenvalue weighted by molar-refractivity contribution is 5.68. The minimum Gasteiger partial charge on any atom is -0.490 e. The summed E-state index contributed by atoms with van der Waals surface area (Å²) in [5, 5.41) is 12.0. The van der Waals surface area contributed by atoms with Gasteiger partial charge < -0.3 is 19.9 Å². The van der Waals surface area contributed by atoms with Gasteiger partial charge in [0.2, 0.25) is 0 Å². The van der Waals surface area contributed by atoms with Gasteiger partial charge in [0.1, 0.15) is 0 Å². The molecule has 0 amide bonds. The molecule has 0 radical (unpaired) electrons. The Morgan fingerprint density at radius 2 is 2.00 bits per heavy atom. The largest absolute Gasteiger partial charge is 0.490 e. The van der Waals surface area contributed by atoms with Gasteiger partial charge >= 0.3 is 5.97 Å². The summed E-state index contributed by atoms with van der Waals surface area (Å²) in [4.78, 5) is 10.6. The lowest BCUT2D eigenvalue weighted by Gasteiger charge is -2.12. The first-order valence-electron chi connectivity index (χ1n) is 7.48. The van der Waals surface area contributed by atoms with E-state index in [1.807, 2.05) is 19.1 Å². The summed E-state index contributed by atoms with van der Waals surface area (Å²) in [6.45, 7) is 5.98. The highest BCUT2D eigenvalue weighted by Gasteiger charge is 2.08. The van der Waals surface area contributed by atoms with Crippen molar-refractivity contribution in [2.75, 3.05) is 19.8 Å². The molecule has 0 spiro atoms. The van der Waals surface area contributed by atoms with Crippen LogP contribution in [0.4, 0.5) is 0 Å². The Morgan fingerprint density at radius 1 is 1.19 bits per heavy atom. The average molecular weight is 295 g/mol. The summed E-state index contributed by atoms with van der Waals surface area (Å²) in [5.41, 5.74) is 1.10. The number of unbranched alkanes of at least 4 members (excludes halogenated alkanes) is 2. The van der Waals surface area contributed by atoms with Gasteiger partial charge in [-0.2, -0.15) is 0 Å². The van der Waals surface area contributed by atoms with Crippen molar-refractivity contribution in [2.24, 2.45) is 0 Å². The fraction of sp³-hybridized carbons (Fsp3) is 0.562. The number of aliphatic carboxylic acids is 1. The van der Waals surface area contributed by atoms with Crippen molar-refractivity contribution < 1.29 is 19.4 Å². The Hall–Kier alpha value is -1.75. The Balaban J connectivity index is 2.57. The van der Waals surface area contributed by atoms with Crippen LogP contribution in [0.15, 0.2) is 18.2 Å². The van der Waals surface area contributed by atoms with Crippen molar-refractivity contribution in [1.82, 2.24) is 5.32 Å². The van der Waals surface area contributed by atoms with Crippen LogP contribution in [0.5, 0.6) is 11.5 Å². The molecule has 0 fully saturated rings. The Morgan fingerprint density at radius 3 is 2.67 bits per heavy atom. The van der Waals surface area contributed by atoms with Crippen LogP contribution in [-0.4, -0.2) is 30.8 Å². The number of benzene rings is 1. The minimum absolute atomic E-state index is 0.366. The molecule has 0 heterocycles. The van der Waals surface area contributed by atoms with Gasteiger partial charge in [-0.25, -0.2) is 4.79 Å². The van der Waals surface area contributed by atoms with E-state index in [2.05, 4.69) is 12.2 Å². The number of rotatable bonds is 11.